The quantitative estimate of drug-likeness (QED) is 0.719. The number of halogens is 3. The molecular weight excluding hydrogens is 439 g/mol. The first kappa shape index (κ1) is 19.6. The van der Waals surface area contributed by atoms with Gasteiger partial charge in [-0.25, -0.2) is 4.39 Å². The van der Waals surface area contributed by atoms with Crippen molar-refractivity contribution < 1.29 is 19.1 Å². The van der Waals surface area contributed by atoms with Gasteiger partial charge in [0.15, 0.2) is 11.6 Å². The molecule has 0 unspecified atom stereocenters. The van der Waals surface area contributed by atoms with Crippen LogP contribution in [-0.4, -0.2) is 34.9 Å². The first-order valence-electron chi connectivity index (χ1n) is 8.39. The molecule has 0 aliphatic carbocycles. The summed E-state index contributed by atoms with van der Waals surface area (Å²) >= 11 is 8.94. The molecule has 0 bridgehead atoms. The zero-order valence-corrected chi connectivity index (χ0v) is 16.6. The number of benzene rings is 2. The summed E-state index contributed by atoms with van der Waals surface area (Å²) in [7, 11) is 0. The van der Waals surface area contributed by atoms with Gasteiger partial charge in [0.05, 0.1) is 10.6 Å². The number of amides is 2. The predicted octanol–water partition coefficient (Wildman–Crippen LogP) is 4.44. The van der Waals surface area contributed by atoms with E-state index in [1.54, 1.807) is 12.1 Å². The Morgan fingerprint density at radius 2 is 1.78 bits per heavy atom. The number of nitrogens with zero attached hydrogens (tertiary/aromatic N) is 1. The number of phenols is 1. The van der Waals surface area contributed by atoms with E-state index in [2.05, 4.69) is 21.2 Å². The molecule has 8 heteroatoms. The minimum atomic E-state index is -1.01. The summed E-state index contributed by atoms with van der Waals surface area (Å²) in [4.78, 5) is 26.4. The Kier molecular flexibility index (Phi) is 6.01. The van der Waals surface area contributed by atoms with Gasteiger partial charge in [0, 0.05) is 29.2 Å². The third-order valence-electron chi connectivity index (χ3n) is 4.56. The van der Waals surface area contributed by atoms with Crippen LogP contribution in [0.15, 0.2) is 40.9 Å². The van der Waals surface area contributed by atoms with Crippen LogP contribution in [0.5, 0.6) is 5.75 Å². The van der Waals surface area contributed by atoms with Gasteiger partial charge in [0.2, 0.25) is 5.91 Å². The molecule has 1 aliphatic heterocycles. The van der Waals surface area contributed by atoms with Crippen molar-refractivity contribution in [3.8, 4) is 5.75 Å². The van der Waals surface area contributed by atoms with Crippen molar-refractivity contribution in [2.75, 3.05) is 18.4 Å². The van der Waals surface area contributed by atoms with Gasteiger partial charge in [-0.3, -0.25) is 9.59 Å². The highest BCUT2D eigenvalue weighted by molar-refractivity contribution is 9.10. The first-order valence-corrected chi connectivity index (χ1v) is 9.56. The average molecular weight is 456 g/mol. The monoisotopic (exact) mass is 454 g/mol. The lowest BCUT2D eigenvalue weighted by Crippen LogP contribution is -2.41. The second-order valence-corrected chi connectivity index (χ2v) is 7.64. The van der Waals surface area contributed by atoms with Crippen molar-refractivity contribution in [3.05, 3.63) is 57.3 Å². The van der Waals surface area contributed by atoms with E-state index in [1.807, 2.05) is 12.1 Å². The largest absolute Gasteiger partial charge is 0.504 e. The molecule has 0 atom stereocenters. The highest BCUT2D eigenvalue weighted by Crippen LogP contribution is 2.30. The second-order valence-electron chi connectivity index (χ2n) is 6.32. The molecule has 3 rings (SSSR count). The molecule has 1 fully saturated rings. The molecule has 0 radical (unpaired) electrons. The van der Waals surface area contributed by atoms with Crippen molar-refractivity contribution in [3.63, 3.8) is 0 Å². The van der Waals surface area contributed by atoms with Crippen LogP contribution in [0.25, 0.3) is 0 Å². The SMILES string of the molecule is O=C(Nc1ccc(Br)cc1)C1CCN(C(=O)c2ccc(Cl)c(F)c2O)CC1. The number of anilines is 1. The van der Waals surface area contributed by atoms with Crippen LogP contribution in [0.1, 0.15) is 23.2 Å². The Balaban J connectivity index is 1.60. The molecule has 2 N–H and O–H groups in total. The van der Waals surface area contributed by atoms with Gasteiger partial charge in [-0.15, -0.1) is 0 Å². The molecule has 0 spiro atoms. The highest BCUT2D eigenvalue weighted by Gasteiger charge is 2.29. The highest BCUT2D eigenvalue weighted by atomic mass is 79.9. The molecule has 0 saturated carbocycles. The molecular formula is C19H17BrClFN2O3. The zero-order chi connectivity index (χ0) is 19.6. The molecule has 1 aliphatic rings. The van der Waals surface area contributed by atoms with E-state index in [-0.39, 0.29) is 22.4 Å². The lowest BCUT2D eigenvalue weighted by Gasteiger charge is -2.31. The summed E-state index contributed by atoms with van der Waals surface area (Å²) in [6.45, 7) is 0.696. The molecule has 2 aromatic rings. The number of aromatic hydroxyl groups is 1. The summed E-state index contributed by atoms with van der Waals surface area (Å²) in [6.07, 6.45) is 0.982. The number of likely N-dealkylation sites (tertiary alicyclic amines) is 1. The minimum Gasteiger partial charge on any atom is -0.504 e. The maximum absolute atomic E-state index is 13.7. The molecule has 0 aromatic heterocycles. The topological polar surface area (TPSA) is 69.6 Å². The van der Waals surface area contributed by atoms with Crippen LogP contribution in [0.2, 0.25) is 5.02 Å². The van der Waals surface area contributed by atoms with E-state index in [0.29, 0.717) is 31.6 Å². The summed E-state index contributed by atoms with van der Waals surface area (Å²) in [6, 6.07) is 9.83. The lowest BCUT2D eigenvalue weighted by atomic mass is 9.95. The summed E-state index contributed by atoms with van der Waals surface area (Å²) in [5, 5.41) is 12.5. The van der Waals surface area contributed by atoms with Crippen LogP contribution < -0.4 is 5.32 Å². The number of nitrogens with one attached hydrogen (secondary N) is 1. The number of rotatable bonds is 3. The molecule has 142 valence electrons. The van der Waals surface area contributed by atoms with Gasteiger partial charge in [0.1, 0.15) is 0 Å². The van der Waals surface area contributed by atoms with Gasteiger partial charge in [-0.05, 0) is 49.2 Å². The Morgan fingerprint density at radius 3 is 2.41 bits per heavy atom. The van der Waals surface area contributed by atoms with Crippen molar-refractivity contribution in [1.29, 1.82) is 0 Å². The number of carbonyl (C=O) groups is 2. The Hall–Kier alpha value is -2.12. The van der Waals surface area contributed by atoms with Crippen molar-refractivity contribution >= 4 is 45.0 Å². The van der Waals surface area contributed by atoms with Crippen LogP contribution in [-0.2, 0) is 4.79 Å². The number of phenolic OH excluding ortho intramolecular Hbond substituents is 1. The normalized spacial score (nSPS) is 14.9. The van der Waals surface area contributed by atoms with E-state index < -0.39 is 17.5 Å². The number of piperidine rings is 1. The molecule has 1 heterocycles. The van der Waals surface area contributed by atoms with E-state index >= 15 is 0 Å². The summed E-state index contributed by atoms with van der Waals surface area (Å²) in [5.74, 6) is -2.54. The standard InChI is InChI=1S/C19H17BrClFN2O3/c20-12-1-3-13(4-2-12)23-18(26)11-7-9-24(10-8-11)19(27)14-5-6-15(21)16(22)17(14)25/h1-6,11,25H,7-10H2,(H,23,26). The first-order chi connectivity index (χ1) is 12.9. The van der Waals surface area contributed by atoms with Crippen molar-refractivity contribution in [2.45, 2.75) is 12.8 Å². The maximum atomic E-state index is 13.7. The van der Waals surface area contributed by atoms with Gasteiger partial charge >= 0.3 is 0 Å². The smallest absolute Gasteiger partial charge is 0.257 e. The molecule has 5 nitrogen and oxygen atoms in total. The van der Waals surface area contributed by atoms with Crippen LogP contribution in [0.4, 0.5) is 10.1 Å². The fraction of sp³-hybridized carbons (Fsp3) is 0.263. The Labute approximate surface area is 169 Å². The fourth-order valence-corrected chi connectivity index (χ4v) is 3.42. The molecule has 2 aromatic carbocycles. The number of hydrogen-bond acceptors (Lipinski definition) is 3. The van der Waals surface area contributed by atoms with Crippen LogP contribution >= 0.6 is 27.5 Å². The molecule has 2 amide bonds. The third kappa shape index (κ3) is 4.42. The van der Waals surface area contributed by atoms with E-state index in [0.717, 1.165) is 4.47 Å². The van der Waals surface area contributed by atoms with Crippen LogP contribution in [0, 0.1) is 11.7 Å². The van der Waals surface area contributed by atoms with Gasteiger partial charge in [-0.2, -0.15) is 0 Å². The second kappa shape index (κ2) is 8.27. The van der Waals surface area contributed by atoms with Gasteiger partial charge < -0.3 is 15.3 Å². The third-order valence-corrected chi connectivity index (χ3v) is 5.38. The number of hydrogen-bond donors (Lipinski definition) is 2. The predicted molar refractivity (Wildman–Crippen MR) is 104 cm³/mol. The summed E-state index contributed by atoms with van der Waals surface area (Å²) < 4.78 is 14.6. The lowest BCUT2D eigenvalue weighted by molar-refractivity contribution is -0.121. The summed E-state index contributed by atoms with van der Waals surface area (Å²) in [5.41, 5.74) is 0.581. The van der Waals surface area contributed by atoms with E-state index in [1.165, 1.54) is 17.0 Å². The Bertz CT molecular complexity index is 868. The van der Waals surface area contributed by atoms with Gasteiger partial charge in [-0.1, -0.05) is 27.5 Å². The average Bonchev–Trinajstić information content (AvgIpc) is 2.67. The maximum Gasteiger partial charge on any atom is 0.257 e. The Morgan fingerprint density at radius 1 is 1.15 bits per heavy atom. The number of carbonyl (C=O) groups excluding carboxylic acids is 2. The fourth-order valence-electron chi connectivity index (χ4n) is 3.01. The van der Waals surface area contributed by atoms with Gasteiger partial charge in [0.25, 0.3) is 5.91 Å². The van der Waals surface area contributed by atoms with Crippen LogP contribution in [0.3, 0.4) is 0 Å². The van der Waals surface area contributed by atoms with Crippen molar-refractivity contribution in [1.82, 2.24) is 4.90 Å². The van der Waals surface area contributed by atoms with E-state index in [9.17, 15) is 19.1 Å². The minimum absolute atomic E-state index is 0.0928. The zero-order valence-electron chi connectivity index (χ0n) is 14.2. The molecule has 27 heavy (non-hydrogen) atoms. The molecule has 1 saturated heterocycles. The van der Waals surface area contributed by atoms with Crippen molar-refractivity contribution in [2.24, 2.45) is 5.92 Å². The van der Waals surface area contributed by atoms with E-state index in [4.69, 9.17) is 11.6 Å².